The highest BCUT2D eigenvalue weighted by atomic mass is 32.1. The summed E-state index contributed by atoms with van der Waals surface area (Å²) in [6.45, 7) is 0. The zero-order chi connectivity index (χ0) is 23.1. The van der Waals surface area contributed by atoms with Crippen molar-refractivity contribution < 1.29 is 19.5 Å². The number of anilines is 1. The molecule has 0 fully saturated rings. The maximum absolute atomic E-state index is 12.8. The van der Waals surface area contributed by atoms with E-state index in [1.807, 2.05) is 0 Å². The molecule has 0 bridgehead atoms. The van der Waals surface area contributed by atoms with Crippen LogP contribution in [0.5, 0.6) is 0 Å². The van der Waals surface area contributed by atoms with Crippen LogP contribution in [-0.2, 0) is 4.79 Å². The van der Waals surface area contributed by atoms with Gasteiger partial charge in [0.15, 0.2) is 5.96 Å². The van der Waals surface area contributed by atoms with Crippen molar-refractivity contribution in [3.63, 3.8) is 0 Å². The van der Waals surface area contributed by atoms with Crippen LogP contribution in [0.3, 0.4) is 0 Å². The summed E-state index contributed by atoms with van der Waals surface area (Å²) in [6, 6.07) is 14.4. The van der Waals surface area contributed by atoms with Gasteiger partial charge in [0.25, 0.3) is 11.8 Å². The van der Waals surface area contributed by atoms with Gasteiger partial charge in [-0.3, -0.25) is 14.4 Å². The minimum absolute atomic E-state index is 0.165. The van der Waals surface area contributed by atoms with E-state index in [0.29, 0.717) is 11.3 Å². The van der Waals surface area contributed by atoms with Crippen molar-refractivity contribution in [2.24, 2.45) is 16.5 Å². The number of hydrogen-bond acceptors (Lipinski definition) is 6. The second-order valence-electron chi connectivity index (χ2n) is 6.61. The highest BCUT2D eigenvalue weighted by Gasteiger charge is 2.19. The number of guanidine groups is 1. The molecule has 1 aromatic heterocycles. The molecule has 3 rings (SSSR count). The Labute approximate surface area is 187 Å². The van der Waals surface area contributed by atoms with Gasteiger partial charge in [-0.1, -0.05) is 47.7 Å². The minimum atomic E-state index is -1.04. The average molecular weight is 452 g/mol. The van der Waals surface area contributed by atoms with Crippen molar-refractivity contribution in [2.45, 2.75) is 12.5 Å². The lowest BCUT2D eigenvalue weighted by molar-refractivity contribution is -0.137. The number of benzene rings is 2. The smallest absolute Gasteiger partial charge is 0.305 e. The Hall–Kier alpha value is -4.25. The summed E-state index contributed by atoms with van der Waals surface area (Å²) in [5.74, 6) is -2.11. The van der Waals surface area contributed by atoms with Crippen LogP contribution < -0.4 is 22.1 Å². The molecule has 2 amide bonds. The number of aliphatic carboxylic acids is 1. The number of carboxylic acid groups (broad SMARTS) is 1. The molecule has 0 aliphatic heterocycles. The lowest BCUT2D eigenvalue weighted by Gasteiger charge is -2.18. The average Bonchev–Trinajstić information content (AvgIpc) is 3.21. The Kier molecular flexibility index (Phi) is 7.13. The molecule has 0 aliphatic rings. The van der Waals surface area contributed by atoms with Crippen LogP contribution in [0.15, 0.2) is 65.8 Å². The van der Waals surface area contributed by atoms with Crippen molar-refractivity contribution in [3.8, 4) is 0 Å². The monoisotopic (exact) mass is 452 g/mol. The molecular weight excluding hydrogens is 432 g/mol. The Morgan fingerprint density at radius 3 is 2.50 bits per heavy atom. The maximum atomic E-state index is 12.8. The standard InChI is InChI=1S/C21H20N6O4S/c22-20(23)27-21-24-11-16(32-21)19(31)25-14-8-4-7-13(9-14)18(30)26-15(10-17(28)29)12-5-2-1-3-6-12/h1-9,11,15H,10H2,(H,25,31)(H,26,30)(H,28,29)(H4,22,23,24,27). The van der Waals surface area contributed by atoms with E-state index >= 15 is 0 Å². The molecule has 0 radical (unpaired) electrons. The Bertz CT molecular complexity index is 1160. The molecule has 1 unspecified atom stereocenters. The molecule has 1 heterocycles. The Balaban J connectivity index is 1.72. The zero-order valence-electron chi connectivity index (χ0n) is 16.7. The van der Waals surface area contributed by atoms with Gasteiger partial charge in [0.2, 0.25) is 5.13 Å². The van der Waals surface area contributed by atoms with Crippen molar-refractivity contribution >= 4 is 45.9 Å². The van der Waals surface area contributed by atoms with Gasteiger partial charge in [0.1, 0.15) is 4.88 Å². The third kappa shape index (κ3) is 6.12. The van der Waals surface area contributed by atoms with Crippen LogP contribution in [0.1, 0.15) is 38.1 Å². The van der Waals surface area contributed by atoms with Gasteiger partial charge >= 0.3 is 5.97 Å². The number of nitrogens with two attached hydrogens (primary N) is 2. The topological polar surface area (TPSA) is 173 Å². The lowest BCUT2D eigenvalue weighted by atomic mass is 10.0. The number of nitrogens with one attached hydrogen (secondary N) is 2. The summed E-state index contributed by atoms with van der Waals surface area (Å²) in [4.78, 5) is 44.5. The zero-order valence-corrected chi connectivity index (χ0v) is 17.5. The highest BCUT2D eigenvalue weighted by Crippen LogP contribution is 2.23. The first-order valence-corrected chi connectivity index (χ1v) is 10.2. The molecule has 164 valence electrons. The van der Waals surface area contributed by atoms with E-state index in [4.69, 9.17) is 11.5 Å². The first-order valence-electron chi connectivity index (χ1n) is 9.36. The van der Waals surface area contributed by atoms with Gasteiger partial charge in [-0.15, -0.1) is 0 Å². The van der Waals surface area contributed by atoms with Crippen LogP contribution in [0.2, 0.25) is 0 Å². The molecule has 10 nitrogen and oxygen atoms in total. The van der Waals surface area contributed by atoms with Crippen molar-refractivity contribution in [3.05, 3.63) is 76.8 Å². The van der Waals surface area contributed by atoms with E-state index in [-0.39, 0.29) is 28.0 Å². The van der Waals surface area contributed by atoms with E-state index < -0.39 is 23.8 Å². The third-order valence-corrected chi connectivity index (χ3v) is 5.10. The van der Waals surface area contributed by atoms with Gasteiger partial charge in [-0.2, -0.15) is 4.99 Å². The van der Waals surface area contributed by atoms with Crippen LogP contribution in [0, 0.1) is 0 Å². The van der Waals surface area contributed by atoms with Crippen molar-refractivity contribution in [1.29, 1.82) is 0 Å². The maximum Gasteiger partial charge on any atom is 0.305 e. The lowest BCUT2D eigenvalue weighted by Crippen LogP contribution is -2.30. The number of carbonyl (C=O) groups excluding carboxylic acids is 2. The van der Waals surface area contributed by atoms with Crippen LogP contribution in [0.4, 0.5) is 10.8 Å². The molecule has 2 aromatic carbocycles. The fourth-order valence-electron chi connectivity index (χ4n) is 2.82. The minimum Gasteiger partial charge on any atom is -0.481 e. The number of amides is 2. The first kappa shape index (κ1) is 22.4. The molecule has 0 spiro atoms. The second-order valence-corrected chi connectivity index (χ2v) is 7.62. The quantitative estimate of drug-likeness (QED) is 0.257. The van der Waals surface area contributed by atoms with Crippen LogP contribution >= 0.6 is 11.3 Å². The molecule has 11 heteroatoms. The van der Waals surface area contributed by atoms with Gasteiger partial charge in [-0.25, -0.2) is 4.98 Å². The van der Waals surface area contributed by atoms with E-state index in [2.05, 4.69) is 20.6 Å². The largest absolute Gasteiger partial charge is 0.481 e. The number of rotatable bonds is 8. The summed E-state index contributed by atoms with van der Waals surface area (Å²) in [6.07, 6.45) is 1.07. The number of carboxylic acids is 1. The van der Waals surface area contributed by atoms with E-state index in [0.717, 1.165) is 11.3 Å². The van der Waals surface area contributed by atoms with Gasteiger partial charge in [-0.05, 0) is 23.8 Å². The predicted molar refractivity (Wildman–Crippen MR) is 121 cm³/mol. The SMILES string of the molecule is NC(N)=Nc1ncc(C(=O)Nc2cccc(C(=O)NC(CC(=O)O)c3ccccc3)c2)s1. The Morgan fingerprint density at radius 1 is 1.06 bits per heavy atom. The number of aliphatic imine (C=N–C) groups is 1. The van der Waals surface area contributed by atoms with E-state index in [9.17, 15) is 19.5 Å². The number of aromatic nitrogens is 1. The number of nitrogens with zero attached hydrogens (tertiary/aromatic N) is 2. The fourth-order valence-corrected chi connectivity index (χ4v) is 3.52. The molecule has 1 atom stereocenters. The number of hydrogen-bond donors (Lipinski definition) is 5. The summed E-state index contributed by atoms with van der Waals surface area (Å²) in [5, 5.41) is 14.9. The molecule has 32 heavy (non-hydrogen) atoms. The molecule has 0 saturated heterocycles. The van der Waals surface area contributed by atoms with Crippen molar-refractivity contribution in [2.75, 3.05) is 5.32 Å². The van der Waals surface area contributed by atoms with E-state index in [1.165, 1.54) is 12.3 Å². The first-order chi connectivity index (χ1) is 15.3. The predicted octanol–water partition coefficient (Wildman–Crippen LogP) is 2.25. The molecule has 0 saturated carbocycles. The van der Waals surface area contributed by atoms with Crippen LogP contribution in [0.25, 0.3) is 0 Å². The Morgan fingerprint density at radius 2 is 1.81 bits per heavy atom. The molecule has 3 aromatic rings. The van der Waals surface area contributed by atoms with Crippen molar-refractivity contribution in [1.82, 2.24) is 10.3 Å². The molecule has 0 aliphatic carbocycles. The summed E-state index contributed by atoms with van der Waals surface area (Å²) in [7, 11) is 0. The van der Waals surface area contributed by atoms with Crippen LogP contribution in [-0.4, -0.2) is 33.8 Å². The molecular formula is C21H20N6O4S. The third-order valence-electron chi connectivity index (χ3n) is 4.21. The van der Waals surface area contributed by atoms with Gasteiger partial charge in [0.05, 0.1) is 18.7 Å². The second kappa shape index (κ2) is 10.2. The highest BCUT2D eigenvalue weighted by molar-refractivity contribution is 7.17. The van der Waals surface area contributed by atoms with E-state index in [1.54, 1.807) is 48.5 Å². The van der Waals surface area contributed by atoms with Gasteiger partial charge in [0, 0.05) is 11.3 Å². The summed E-state index contributed by atoms with van der Waals surface area (Å²) < 4.78 is 0. The van der Waals surface area contributed by atoms with Gasteiger partial charge < -0.3 is 27.2 Å². The molecule has 7 N–H and O–H groups in total. The number of carbonyl (C=O) groups is 3. The summed E-state index contributed by atoms with van der Waals surface area (Å²) >= 11 is 1.01. The number of thiazole rings is 1. The summed E-state index contributed by atoms with van der Waals surface area (Å²) in [5.41, 5.74) is 11.9. The fraction of sp³-hybridized carbons (Fsp3) is 0.0952. The normalized spacial score (nSPS) is 11.2.